The molecule has 0 saturated carbocycles. The average molecular weight is 244 g/mol. The Labute approximate surface area is 104 Å². The predicted molar refractivity (Wildman–Crippen MR) is 69.0 cm³/mol. The summed E-state index contributed by atoms with van der Waals surface area (Å²) in [6, 6.07) is 9.70. The molecule has 0 atom stereocenters. The SMILES string of the molecule is Cn1ccc2c(-c3ccc(Cl)cc3)ncnc21. The topological polar surface area (TPSA) is 30.7 Å². The molecule has 0 N–H and O–H groups in total. The summed E-state index contributed by atoms with van der Waals surface area (Å²) < 4.78 is 1.98. The van der Waals surface area contributed by atoms with Crippen LogP contribution in [0.15, 0.2) is 42.9 Å². The Morgan fingerprint density at radius 3 is 2.59 bits per heavy atom. The van der Waals surface area contributed by atoms with Gasteiger partial charge in [0.05, 0.1) is 5.69 Å². The van der Waals surface area contributed by atoms with Crippen LogP contribution in [0.2, 0.25) is 5.02 Å². The van der Waals surface area contributed by atoms with Crippen LogP contribution in [-0.2, 0) is 7.05 Å². The molecule has 4 heteroatoms. The molecule has 3 rings (SSSR count). The standard InChI is InChI=1S/C13H10ClN3/c1-17-7-6-11-12(15-8-16-13(11)17)9-2-4-10(14)5-3-9/h2-8H,1H3. The maximum absolute atomic E-state index is 5.88. The zero-order chi connectivity index (χ0) is 11.8. The van der Waals surface area contributed by atoms with E-state index in [2.05, 4.69) is 9.97 Å². The second-order valence-corrected chi connectivity index (χ2v) is 4.33. The third-order valence-corrected chi connectivity index (χ3v) is 3.03. The van der Waals surface area contributed by atoms with E-state index in [1.807, 2.05) is 48.1 Å². The number of benzene rings is 1. The number of nitrogens with zero attached hydrogens (tertiary/aromatic N) is 3. The van der Waals surface area contributed by atoms with Crippen molar-refractivity contribution >= 4 is 22.6 Å². The Hall–Kier alpha value is -1.87. The summed E-state index contributed by atoms with van der Waals surface area (Å²) in [6.07, 6.45) is 3.57. The molecule has 2 heterocycles. The number of fused-ring (bicyclic) bond motifs is 1. The number of aryl methyl sites for hydroxylation is 1. The molecule has 0 fully saturated rings. The van der Waals surface area contributed by atoms with Gasteiger partial charge in [-0.05, 0) is 18.2 Å². The first-order chi connectivity index (χ1) is 8.25. The Bertz CT molecular complexity index is 671. The van der Waals surface area contributed by atoms with Crippen LogP contribution in [0.1, 0.15) is 0 Å². The van der Waals surface area contributed by atoms with E-state index in [1.165, 1.54) is 0 Å². The molecule has 84 valence electrons. The van der Waals surface area contributed by atoms with Gasteiger partial charge in [-0.1, -0.05) is 23.7 Å². The molecular weight excluding hydrogens is 234 g/mol. The third kappa shape index (κ3) is 1.68. The quantitative estimate of drug-likeness (QED) is 0.657. The van der Waals surface area contributed by atoms with Crippen molar-refractivity contribution in [2.24, 2.45) is 7.05 Å². The van der Waals surface area contributed by atoms with Crippen molar-refractivity contribution in [1.82, 2.24) is 14.5 Å². The molecule has 0 saturated heterocycles. The van der Waals surface area contributed by atoms with Gasteiger partial charge >= 0.3 is 0 Å². The van der Waals surface area contributed by atoms with Crippen molar-refractivity contribution in [2.45, 2.75) is 0 Å². The van der Waals surface area contributed by atoms with E-state index in [9.17, 15) is 0 Å². The van der Waals surface area contributed by atoms with Gasteiger partial charge in [0.15, 0.2) is 0 Å². The van der Waals surface area contributed by atoms with E-state index in [1.54, 1.807) is 6.33 Å². The maximum Gasteiger partial charge on any atom is 0.143 e. The summed E-state index contributed by atoms with van der Waals surface area (Å²) in [4.78, 5) is 8.62. The Morgan fingerprint density at radius 1 is 1.06 bits per heavy atom. The molecule has 0 amide bonds. The van der Waals surface area contributed by atoms with E-state index in [4.69, 9.17) is 11.6 Å². The second kappa shape index (κ2) is 3.86. The number of rotatable bonds is 1. The first kappa shape index (κ1) is 10.3. The summed E-state index contributed by atoms with van der Waals surface area (Å²) in [7, 11) is 1.97. The first-order valence-corrected chi connectivity index (χ1v) is 5.65. The fraction of sp³-hybridized carbons (Fsp3) is 0.0769. The van der Waals surface area contributed by atoms with E-state index in [-0.39, 0.29) is 0 Å². The summed E-state index contributed by atoms with van der Waals surface area (Å²) in [5.41, 5.74) is 2.92. The highest BCUT2D eigenvalue weighted by Crippen LogP contribution is 2.26. The summed E-state index contributed by atoms with van der Waals surface area (Å²) in [5.74, 6) is 0. The monoisotopic (exact) mass is 243 g/mol. The zero-order valence-electron chi connectivity index (χ0n) is 9.26. The normalized spacial score (nSPS) is 10.9. The Balaban J connectivity index is 2.26. The third-order valence-electron chi connectivity index (χ3n) is 2.78. The molecule has 17 heavy (non-hydrogen) atoms. The largest absolute Gasteiger partial charge is 0.335 e. The number of aromatic nitrogens is 3. The van der Waals surface area contributed by atoms with Crippen molar-refractivity contribution in [2.75, 3.05) is 0 Å². The number of hydrogen-bond acceptors (Lipinski definition) is 2. The Kier molecular flexibility index (Phi) is 2.34. The van der Waals surface area contributed by atoms with Gasteiger partial charge in [0.2, 0.25) is 0 Å². The molecule has 1 aromatic carbocycles. The van der Waals surface area contributed by atoms with Crippen LogP contribution in [0, 0.1) is 0 Å². The van der Waals surface area contributed by atoms with Crippen molar-refractivity contribution in [1.29, 1.82) is 0 Å². The van der Waals surface area contributed by atoms with Crippen LogP contribution in [-0.4, -0.2) is 14.5 Å². The lowest BCUT2D eigenvalue weighted by Crippen LogP contribution is -1.91. The minimum Gasteiger partial charge on any atom is -0.335 e. The van der Waals surface area contributed by atoms with E-state index < -0.39 is 0 Å². The van der Waals surface area contributed by atoms with Gasteiger partial charge in [-0.3, -0.25) is 0 Å². The lowest BCUT2D eigenvalue weighted by molar-refractivity contribution is 0.944. The van der Waals surface area contributed by atoms with Gasteiger partial charge in [0.25, 0.3) is 0 Å². The van der Waals surface area contributed by atoms with Gasteiger partial charge in [0.1, 0.15) is 12.0 Å². The van der Waals surface area contributed by atoms with Gasteiger partial charge in [-0.15, -0.1) is 0 Å². The fourth-order valence-electron chi connectivity index (χ4n) is 1.92. The number of hydrogen-bond donors (Lipinski definition) is 0. The lowest BCUT2D eigenvalue weighted by Gasteiger charge is -2.02. The lowest BCUT2D eigenvalue weighted by atomic mass is 10.1. The van der Waals surface area contributed by atoms with Crippen molar-refractivity contribution < 1.29 is 0 Å². The molecular formula is C13H10ClN3. The minimum absolute atomic E-state index is 0.729. The van der Waals surface area contributed by atoms with Gasteiger partial charge < -0.3 is 4.57 Å². The van der Waals surface area contributed by atoms with Crippen LogP contribution in [0.4, 0.5) is 0 Å². The molecule has 0 aliphatic heterocycles. The maximum atomic E-state index is 5.88. The molecule has 0 bridgehead atoms. The highest BCUT2D eigenvalue weighted by Gasteiger charge is 2.08. The van der Waals surface area contributed by atoms with E-state index in [0.717, 1.165) is 27.3 Å². The van der Waals surface area contributed by atoms with Gasteiger partial charge in [-0.25, -0.2) is 9.97 Å². The molecule has 3 aromatic rings. The minimum atomic E-state index is 0.729. The van der Waals surface area contributed by atoms with Crippen molar-refractivity contribution in [3.8, 4) is 11.3 Å². The molecule has 0 unspecified atom stereocenters. The highest BCUT2D eigenvalue weighted by molar-refractivity contribution is 6.30. The first-order valence-electron chi connectivity index (χ1n) is 5.27. The molecule has 3 nitrogen and oxygen atoms in total. The van der Waals surface area contributed by atoms with E-state index >= 15 is 0 Å². The molecule has 0 aliphatic rings. The average Bonchev–Trinajstić information content (AvgIpc) is 2.73. The predicted octanol–water partition coefficient (Wildman–Crippen LogP) is 3.29. The molecule has 0 spiro atoms. The summed E-state index contributed by atoms with van der Waals surface area (Å²) in [6.45, 7) is 0. The highest BCUT2D eigenvalue weighted by atomic mass is 35.5. The van der Waals surface area contributed by atoms with Crippen LogP contribution in [0.25, 0.3) is 22.3 Å². The van der Waals surface area contributed by atoms with Crippen molar-refractivity contribution in [3.63, 3.8) is 0 Å². The summed E-state index contributed by atoms with van der Waals surface area (Å²) >= 11 is 5.88. The molecule has 0 aliphatic carbocycles. The second-order valence-electron chi connectivity index (χ2n) is 3.89. The van der Waals surface area contributed by atoms with E-state index in [0.29, 0.717) is 0 Å². The molecule has 0 radical (unpaired) electrons. The fourth-order valence-corrected chi connectivity index (χ4v) is 2.04. The smallest absolute Gasteiger partial charge is 0.143 e. The van der Waals surface area contributed by atoms with Gasteiger partial charge in [-0.2, -0.15) is 0 Å². The van der Waals surface area contributed by atoms with Gasteiger partial charge in [0, 0.05) is 29.2 Å². The molecule has 2 aromatic heterocycles. The van der Waals surface area contributed by atoms with Crippen LogP contribution >= 0.6 is 11.6 Å². The summed E-state index contributed by atoms with van der Waals surface area (Å²) in [5, 5.41) is 1.78. The number of halogens is 1. The van der Waals surface area contributed by atoms with Crippen LogP contribution in [0.3, 0.4) is 0 Å². The van der Waals surface area contributed by atoms with Crippen molar-refractivity contribution in [3.05, 3.63) is 47.9 Å². The Morgan fingerprint density at radius 2 is 1.82 bits per heavy atom. The van der Waals surface area contributed by atoms with Crippen LogP contribution < -0.4 is 0 Å². The zero-order valence-corrected chi connectivity index (χ0v) is 10.0. The van der Waals surface area contributed by atoms with Crippen LogP contribution in [0.5, 0.6) is 0 Å².